The molecular weight excluding hydrogens is 238 g/mol. The van der Waals surface area contributed by atoms with E-state index in [1.807, 2.05) is 12.2 Å². The third-order valence-corrected chi connectivity index (χ3v) is 3.39. The lowest BCUT2D eigenvalue weighted by atomic mass is 9.93. The van der Waals surface area contributed by atoms with Gasteiger partial charge in [-0.3, -0.25) is 9.59 Å². The second-order valence-electron chi connectivity index (χ2n) is 4.28. The van der Waals surface area contributed by atoms with Gasteiger partial charge in [0.2, 0.25) is 5.24 Å². The summed E-state index contributed by atoms with van der Waals surface area (Å²) >= 11 is 5.47. The van der Waals surface area contributed by atoms with Crippen LogP contribution in [-0.4, -0.2) is 11.0 Å². The number of carbonyl (C=O) groups excluding carboxylic acids is 2. The highest BCUT2D eigenvalue weighted by Gasteiger charge is 2.37. The molecule has 92 valence electrons. The van der Waals surface area contributed by atoms with Crippen LogP contribution in [-0.2, 0) is 9.59 Å². The maximum absolute atomic E-state index is 11.6. The molecule has 17 heavy (non-hydrogen) atoms. The van der Waals surface area contributed by atoms with Crippen LogP contribution in [0.25, 0.3) is 0 Å². The molecule has 0 unspecified atom stereocenters. The van der Waals surface area contributed by atoms with Gasteiger partial charge in [-0.2, -0.15) is 5.26 Å². The minimum Gasteiger partial charge on any atom is -0.299 e. The number of carbonyl (C=O) groups is 2. The highest BCUT2D eigenvalue weighted by atomic mass is 35.5. The number of allylic oxidation sites excluding steroid dienone is 2. The van der Waals surface area contributed by atoms with Gasteiger partial charge < -0.3 is 0 Å². The maximum Gasteiger partial charge on any atom is 0.225 e. The number of halogens is 1. The van der Waals surface area contributed by atoms with Crippen molar-refractivity contribution in [1.29, 1.82) is 5.26 Å². The molecule has 0 aromatic heterocycles. The smallest absolute Gasteiger partial charge is 0.225 e. The van der Waals surface area contributed by atoms with E-state index in [9.17, 15) is 9.59 Å². The Morgan fingerprint density at radius 1 is 1.53 bits per heavy atom. The number of ketones is 1. The minimum atomic E-state index is -0.390. The molecule has 0 aromatic carbocycles. The van der Waals surface area contributed by atoms with Crippen LogP contribution >= 0.6 is 11.6 Å². The van der Waals surface area contributed by atoms with Crippen molar-refractivity contribution in [3.63, 3.8) is 0 Å². The van der Waals surface area contributed by atoms with Crippen molar-refractivity contribution in [1.82, 2.24) is 0 Å². The Kier molecular flexibility index (Phi) is 5.93. The summed E-state index contributed by atoms with van der Waals surface area (Å²) in [4.78, 5) is 22.7. The molecule has 1 aliphatic carbocycles. The van der Waals surface area contributed by atoms with Gasteiger partial charge in [-0.15, -0.1) is 0 Å². The number of hydrogen-bond acceptors (Lipinski definition) is 3. The van der Waals surface area contributed by atoms with Gasteiger partial charge >= 0.3 is 0 Å². The molecule has 0 aromatic rings. The molecule has 0 spiro atoms. The van der Waals surface area contributed by atoms with Gasteiger partial charge in [0.15, 0.2) is 0 Å². The van der Waals surface area contributed by atoms with Gasteiger partial charge in [-0.25, -0.2) is 0 Å². The molecule has 0 aliphatic heterocycles. The number of nitriles is 1. The number of nitrogens with zero attached hydrogens (tertiary/aromatic N) is 1. The second-order valence-corrected chi connectivity index (χ2v) is 4.65. The number of Topliss-reactive ketones (excluding diaryl/α,β-unsaturated/α-hetero) is 1. The van der Waals surface area contributed by atoms with E-state index in [0.717, 1.165) is 12.8 Å². The van der Waals surface area contributed by atoms with E-state index in [-0.39, 0.29) is 17.6 Å². The predicted molar refractivity (Wildman–Crippen MR) is 65.3 cm³/mol. The van der Waals surface area contributed by atoms with E-state index in [1.165, 1.54) is 0 Å². The average molecular weight is 254 g/mol. The van der Waals surface area contributed by atoms with E-state index < -0.39 is 5.24 Å². The molecule has 1 saturated carbocycles. The third-order valence-electron chi connectivity index (χ3n) is 3.11. The van der Waals surface area contributed by atoms with Gasteiger partial charge in [0, 0.05) is 24.7 Å². The van der Waals surface area contributed by atoms with Crippen LogP contribution in [0.5, 0.6) is 0 Å². The first-order chi connectivity index (χ1) is 8.16. The standard InChI is InChI=1S/C13H16ClNO2/c14-13(17)11-7-8-12(16)10(11)6-4-2-1-3-5-9-15/h2,4,10-11H,1,3,5-8H2/b4-2-/t10-,11+/m1/s1. The maximum atomic E-state index is 11.6. The zero-order valence-corrected chi connectivity index (χ0v) is 10.4. The molecule has 0 N–H and O–H groups in total. The minimum absolute atomic E-state index is 0.144. The average Bonchev–Trinajstić information content (AvgIpc) is 2.65. The first kappa shape index (κ1) is 13.9. The highest BCUT2D eigenvalue weighted by Crippen LogP contribution is 2.33. The van der Waals surface area contributed by atoms with Crippen molar-refractivity contribution in [2.24, 2.45) is 11.8 Å². The van der Waals surface area contributed by atoms with Crippen LogP contribution in [0.1, 0.15) is 38.5 Å². The lowest BCUT2D eigenvalue weighted by Crippen LogP contribution is -2.18. The summed E-state index contributed by atoms with van der Waals surface area (Å²) in [7, 11) is 0. The number of rotatable bonds is 6. The predicted octanol–water partition coefficient (Wildman–Crippen LogP) is 2.99. The van der Waals surface area contributed by atoms with Gasteiger partial charge in [0.05, 0.1) is 6.07 Å². The molecule has 0 radical (unpaired) electrons. The first-order valence-corrected chi connectivity index (χ1v) is 6.28. The molecule has 1 aliphatic rings. The van der Waals surface area contributed by atoms with Gasteiger partial charge in [-0.1, -0.05) is 12.2 Å². The Labute approximate surface area is 106 Å². The van der Waals surface area contributed by atoms with Gasteiger partial charge in [-0.05, 0) is 37.3 Å². The molecular formula is C13H16ClNO2. The lowest BCUT2D eigenvalue weighted by Gasteiger charge is -2.11. The number of hydrogen-bond donors (Lipinski definition) is 0. The quantitative estimate of drug-likeness (QED) is 0.415. The zero-order chi connectivity index (χ0) is 12.7. The van der Waals surface area contributed by atoms with E-state index in [1.54, 1.807) is 0 Å². The Balaban J connectivity index is 2.36. The highest BCUT2D eigenvalue weighted by molar-refractivity contribution is 6.64. The molecule has 0 heterocycles. The monoisotopic (exact) mass is 253 g/mol. The zero-order valence-electron chi connectivity index (χ0n) is 9.69. The Bertz CT molecular complexity index is 357. The third kappa shape index (κ3) is 4.32. The van der Waals surface area contributed by atoms with E-state index in [2.05, 4.69) is 6.07 Å². The SMILES string of the molecule is N#CCCC/C=C\C[C@H]1C(=O)CC[C@@H]1C(=O)Cl. The summed E-state index contributed by atoms with van der Waals surface area (Å²) in [5, 5.41) is 7.96. The van der Waals surface area contributed by atoms with Crippen LogP contribution in [0.3, 0.4) is 0 Å². The van der Waals surface area contributed by atoms with Crippen molar-refractivity contribution in [2.75, 3.05) is 0 Å². The summed E-state index contributed by atoms with van der Waals surface area (Å²) in [6.07, 6.45) is 7.78. The van der Waals surface area contributed by atoms with Crippen molar-refractivity contribution < 1.29 is 9.59 Å². The summed E-state index contributed by atoms with van der Waals surface area (Å²) in [5.74, 6) is -0.384. The fraction of sp³-hybridized carbons (Fsp3) is 0.615. The van der Waals surface area contributed by atoms with Gasteiger partial charge in [0.25, 0.3) is 0 Å². The summed E-state index contributed by atoms with van der Waals surface area (Å²) in [6, 6.07) is 2.08. The Morgan fingerprint density at radius 3 is 2.94 bits per heavy atom. The Morgan fingerprint density at radius 2 is 2.29 bits per heavy atom. The van der Waals surface area contributed by atoms with E-state index >= 15 is 0 Å². The van der Waals surface area contributed by atoms with E-state index in [0.29, 0.717) is 25.7 Å². The van der Waals surface area contributed by atoms with Crippen molar-refractivity contribution >= 4 is 22.6 Å². The van der Waals surface area contributed by atoms with Crippen LogP contribution < -0.4 is 0 Å². The normalized spacial score (nSPS) is 24.1. The van der Waals surface area contributed by atoms with Crippen molar-refractivity contribution in [2.45, 2.75) is 38.5 Å². The molecule has 2 atom stereocenters. The van der Waals surface area contributed by atoms with Crippen LogP contribution in [0.2, 0.25) is 0 Å². The van der Waals surface area contributed by atoms with Crippen molar-refractivity contribution in [3.8, 4) is 6.07 Å². The van der Waals surface area contributed by atoms with Crippen LogP contribution in [0.15, 0.2) is 12.2 Å². The number of unbranched alkanes of at least 4 members (excludes halogenated alkanes) is 2. The van der Waals surface area contributed by atoms with Crippen LogP contribution in [0.4, 0.5) is 0 Å². The largest absolute Gasteiger partial charge is 0.299 e. The summed E-state index contributed by atoms with van der Waals surface area (Å²) in [5.41, 5.74) is 0. The molecule has 0 amide bonds. The molecule has 0 saturated heterocycles. The van der Waals surface area contributed by atoms with Gasteiger partial charge in [0.1, 0.15) is 5.78 Å². The van der Waals surface area contributed by atoms with Crippen molar-refractivity contribution in [3.05, 3.63) is 12.2 Å². The fourth-order valence-electron chi connectivity index (χ4n) is 2.14. The second kappa shape index (κ2) is 7.24. The first-order valence-electron chi connectivity index (χ1n) is 5.90. The van der Waals surface area contributed by atoms with E-state index in [4.69, 9.17) is 16.9 Å². The van der Waals surface area contributed by atoms with Crippen LogP contribution in [0, 0.1) is 23.2 Å². The molecule has 4 heteroatoms. The molecule has 1 rings (SSSR count). The summed E-state index contributed by atoms with van der Waals surface area (Å²) in [6.45, 7) is 0. The Hall–Kier alpha value is -1.14. The fourth-order valence-corrected chi connectivity index (χ4v) is 2.40. The lowest BCUT2D eigenvalue weighted by molar-refractivity contribution is -0.124. The molecule has 3 nitrogen and oxygen atoms in total. The summed E-state index contributed by atoms with van der Waals surface area (Å²) < 4.78 is 0. The molecule has 1 fully saturated rings. The topological polar surface area (TPSA) is 57.9 Å². The molecule has 0 bridgehead atoms.